The van der Waals surface area contributed by atoms with E-state index in [1.54, 1.807) is 0 Å². The molecule has 2 amide bonds. The second kappa shape index (κ2) is 11.8. The van der Waals surface area contributed by atoms with Crippen molar-refractivity contribution in [3.8, 4) is 0 Å². The predicted molar refractivity (Wildman–Crippen MR) is 124 cm³/mol. The summed E-state index contributed by atoms with van der Waals surface area (Å²) in [6.45, 7) is 0.347. The maximum absolute atomic E-state index is 13.2. The number of hydrogen-bond acceptors (Lipinski definition) is 4. The van der Waals surface area contributed by atoms with E-state index in [9.17, 15) is 40.7 Å². The lowest BCUT2D eigenvalue weighted by Gasteiger charge is -2.19. The molecule has 0 heterocycles. The Kier molecular flexibility index (Phi) is 8.97. The van der Waals surface area contributed by atoms with Crippen molar-refractivity contribution in [1.29, 1.82) is 0 Å². The van der Waals surface area contributed by atoms with Crippen LogP contribution in [-0.4, -0.2) is 29.3 Å². The van der Waals surface area contributed by atoms with Crippen LogP contribution < -0.4 is 10.8 Å². The van der Waals surface area contributed by atoms with Crippen LogP contribution in [-0.2, 0) is 23.6 Å². The number of ketones is 1. The van der Waals surface area contributed by atoms with E-state index in [0.717, 1.165) is 6.08 Å². The van der Waals surface area contributed by atoms with Gasteiger partial charge in [0, 0.05) is 29.7 Å². The Morgan fingerprint density at radius 2 is 1.55 bits per heavy atom. The normalized spacial score (nSPS) is 14.8. The number of rotatable bonds is 8. The van der Waals surface area contributed by atoms with E-state index in [4.69, 9.17) is 5.21 Å². The van der Waals surface area contributed by atoms with Gasteiger partial charge in [-0.3, -0.25) is 19.6 Å². The van der Waals surface area contributed by atoms with Crippen molar-refractivity contribution in [2.75, 3.05) is 6.54 Å². The van der Waals surface area contributed by atoms with E-state index in [2.05, 4.69) is 5.32 Å². The molecule has 38 heavy (non-hydrogen) atoms. The van der Waals surface area contributed by atoms with Gasteiger partial charge in [0.25, 0.3) is 5.91 Å². The molecule has 0 aromatic heterocycles. The summed E-state index contributed by atoms with van der Waals surface area (Å²) < 4.78 is 78.9. The highest BCUT2D eigenvalue weighted by Gasteiger charge is 2.37. The summed E-state index contributed by atoms with van der Waals surface area (Å²) in [5.41, 5.74) is -0.629. The van der Waals surface area contributed by atoms with E-state index in [0.29, 0.717) is 49.1 Å². The number of unbranched alkanes of at least 4 members (excludes halogenated alkanes) is 2. The Morgan fingerprint density at radius 3 is 2.16 bits per heavy atom. The van der Waals surface area contributed by atoms with Crippen LogP contribution in [0.25, 0.3) is 6.08 Å². The minimum absolute atomic E-state index is 0.0301. The van der Waals surface area contributed by atoms with E-state index in [1.165, 1.54) is 23.7 Å². The van der Waals surface area contributed by atoms with E-state index in [1.807, 2.05) is 0 Å². The Hall–Kier alpha value is -3.67. The molecule has 0 spiro atoms. The van der Waals surface area contributed by atoms with Gasteiger partial charge < -0.3 is 5.32 Å². The number of fused-ring (bicyclic) bond motifs is 1. The lowest BCUT2D eigenvalue weighted by molar-refractivity contribution is -0.143. The Labute approximate surface area is 213 Å². The number of Topliss-reactive ketones (excluding diaryl/α,β-unsaturated/α-hetero) is 1. The largest absolute Gasteiger partial charge is 0.416 e. The monoisotopic (exact) mass is 542 g/mol. The first-order chi connectivity index (χ1) is 17.8. The second-order valence-corrected chi connectivity index (χ2v) is 8.81. The van der Waals surface area contributed by atoms with Crippen LogP contribution in [0, 0.1) is 0 Å². The van der Waals surface area contributed by atoms with Crippen LogP contribution in [0.5, 0.6) is 0 Å². The molecule has 0 radical (unpaired) electrons. The van der Waals surface area contributed by atoms with Crippen LogP contribution in [0.3, 0.4) is 0 Å². The number of allylic oxidation sites excluding steroid dienone is 1. The van der Waals surface area contributed by atoms with E-state index in [-0.39, 0.29) is 47.9 Å². The van der Waals surface area contributed by atoms with Gasteiger partial charge in [-0.1, -0.05) is 6.42 Å². The van der Waals surface area contributed by atoms with Crippen molar-refractivity contribution in [2.24, 2.45) is 0 Å². The van der Waals surface area contributed by atoms with Gasteiger partial charge in [0.05, 0.1) is 11.1 Å². The maximum atomic E-state index is 13.2. The standard InChI is InChI=1S/C26H24F6N2O4/c27-25(28,29)19-11-15(12-20(14-19)26(30,31)32)10-17-6-5-16-13-18(7-8-21(16)23(17)36)24(37)33-9-3-1-2-4-22(35)34-38/h7-8,10-14,38H,1-6,9H2,(H,33,37)(H,34,35)/b17-10+. The van der Waals surface area contributed by atoms with Crippen molar-refractivity contribution in [1.82, 2.24) is 10.8 Å². The first-order valence-electron chi connectivity index (χ1n) is 11.7. The number of halogens is 6. The molecule has 0 saturated heterocycles. The number of benzene rings is 2. The van der Waals surface area contributed by atoms with Crippen LogP contribution in [0.2, 0.25) is 0 Å². The zero-order valence-corrected chi connectivity index (χ0v) is 19.9. The van der Waals surface area contributed by atoms with Crippen LogP contribution in [0.1, 0.15) is 75.1 Å². The summed E-state index contributed by atoms with van der Waals surface area (Å²) in [4.78, 5) is 36.3. The van der Waals surface area contributed by atoms with Gasteiger partial charge >= 0.3 is 12.4 Å². The number of carbonyl (C=O) groups excluding carboxylic acids is 3. The number of aryl methyl sites for hydroxylation is 1. The van der Waals surface area contributed by atoms with Crippen molar-refractivity contribution in [3.63, 3.8) is 0 Å². The molecule has 3 N–H and O–H groups in total. The molecule has 1 aliphatic carbocycles. The van der Waals surface area contributed by atoms with Crippen molar-refractivity contribution < 1.29 is 45.9 Å². The SMILES string of the molecule is O=C(CCCCCNC(=O)c1ccc2c(c1)CC/C(=C\c1cc(C(F)(F)F)cc(C(F)(F)F)c1)C2=O)NO. The fourth-order valence-electron chi connectivity index (χ4n) is 4.07. The summed E-state index contributed by atoms with van der Waals surface area (Å²) in [6.07, 6.45) is -6.64. The van der Waals surface area contributed by atoms with Gasteiger partial charge in [0.15, 0.2) is 5.78 Å². The van der Waals surface area contributed by atoms with Gasteiger partial charge in [-0.15, -0.1) is 0 Å². The molecule has 6 nitrogen and oxygen atoms in total. The van der Waals surface area contributed by atoms with Crippen molar-refractivity contribution >= 4 is 23.7 Å². The third-order valence-corrected chi connectivity index (χ3v) is 6.01. The number of alkyl halides is 6. The van der Waals surface area contributed by atoms with Gasteiger partial charge in [-0.05, 0) is 79.3 Å². The molecular formula is C26H24F6N2O4. The minimum Gasteiger partial charge on any atom is -0.352 e. The molecule has 204 valence electrons. The first kappa shape index (κ1) is 28.9. The molecule has 0 bridgehead atoms. The van der Waals surface area contributed by atoms with E-state index < -0.39 is 35.2 Å². The number of hydroxylamine groups is 1. The average molecular weight is 542 g/mol. The van der Waals surface area contributed by atoms with Gasteiger partial charge in [0.2, 0.25) is 5.91 Å². The quantitative estimate of drug-likeness (QED) is 0.131. The van der Waals surface area contributed by atoms with Crippen molar-refractivity contribution in [2.45, 2.75) is 50.9 Å². The topological polar surface area (TPSA) is 95.5 Å². The molecule has 0 saturated carbocycles. The lowest BCUT2D eigenvalue weighted by atomic mass is 9.85. The number of hydrogen-bond donors (Lipinski definition) is 3. The van der Waals surface area contributed by atoms with Crippen LogP contribution in [0.15, 0.2) is 42.0 Å². The van der Waals surface area contributed by atoms with Gasteiger partial charge in [-0.25, -0.2) is 5.48 Å². The Bertz CT molecular complexity index is 1220. The molecule has 2 aromatic carbocycles. The smallest absolute Gasteiger partial charge is 0.352 e. The van der Waals surface area contributed by atoms with Gasteiger partial charge in [-0.2, -0.15) is 26.3 Å². The zero-order valence-electron chi connectivity index (χ0n) is 19.9. The van der Waals surface area contributed by atoms with Gasteiger partial charge in [0.1, 0.15) is 0 Å². The molecule has 0 unspecified atom stereocenters. The molecule has 0 aliphatic heterocycles. The third-order valence-electron chi connectivity index (χ3n) is 6.01. The third kappa shape index (κ3) is 7.44. The zero-order chi connectivity index (χ0) is 28.1. The molecular weight excluding hydrogens is 518 g/mol. The fourth-order valence-corrected chi connectivity index (χ4v) is 4.07. The number of amides is 2. The Balaban J connectivity index is 1.71. The second-order valence-electron chi connectivity index (χ2n) is 8.81. The minimum atomic E-state index is -4.99. The van der Waals surface area contributed by atoms with Crippen LogP contribution >= 0.6 is 0 Å². The highest BCUT2D eigenvalue weighted by molar-refractivity contribution is 6.13. The summed E-state index contributed by atoms with van der Waals surface area (Å²) in [7, 11) is 0. The fraction of sp³-hybridized carbons (Fsp3) is 0.346. The summed E-state index contributed by atoms with van der Waals surface area (Å²) >= 11 is 0. The Morgan fingerprint density at radius 1 is 0.895 bits per heavy atom. The van der Waals surface area contributed by atoms with E-state index >= 15 is 0 Å². The molecule has 2 aromatic rings. The highest BCUT2D eigenvalue weighted by atomic mass is 19.4. The highest BCUT2D eigenvalue weighted by Crippen LogP contribution is 2.37. The molecule has 0 fully saturated rings. The first-order valence-corrected chi connectivity index (χ1v) is 11.7. The molecule has 3 rings (SSSR count). The summed E-state index contributed by atoms with van der Waals surface area (Å²) in [5, 5.41) is 11.2. The molecule has 1 aliphatic rings. The maximum Gasteiger partial charge on any atom is 0.416 e. The van der Waals surface area contributed by atoms with Crippen LogP contribution in [0.4, 0.5) is 26.3 Å². The van der Waals surface area contributed by atoms with Crippen molar-refractivity contribution in [3.05, 3.63) is 75.4 Å². The number of nitrogens with one attached hydrogen (secondary N) is 2. The average Bonchev–Trinajstić information content (AvgIpc) is 2.86. The summed E-state index contributed by atoms with van der Waals surface area (Å²) in [5.74, 6) is -1.40. The molecule has 12 heteroatoms. The summed E-state index contributed by atoms with van der Waals surface area (Å²) in [6, 6.07) is 5.55. The number of carbonyl (C=O) groups is 3. The molecule has 0 atom stereocenters. The predicted octanol–water partition coefficient (Wildman–Crippen LogP) is 5.73. The lowest BCUT2D eigenvalue weighted by Crippen LogP contribution is -2.25.